The average molecular weight is 383 g/mol. The van der Waals surface area contributed by atoms with E-state index in [0.29, 0.717) is 24.2 Å². The zero-order valence-corrected chi connectivity index (χ0v) is 17.7. The van der Waals surface area contributed by atoms with Gasteiger partial charge in [-0.3, -0.25) is 0 Å². The van der Waals surface area contributed by atoms with Crippen molar-refractivity contribution in [3.63, 3.8) is 0 Å². The average Bonchev–Trinajstić information content (AvgIpc) is 2.57. The topological polar surface area (TPSA) is 9.23 Å². The molecular formula is C24H40F2O. The highest BCUT2D eigenvalue weighted by Crippen LogP contribution is 2.48. The van der Waals surface area contributed by atoms with Crippen LogP contribution in [0.1, 0.15) is 91.4 Å². The number of rotatable bonds is 7. The van der Waals surface area contributed by atoms with Gasteiger partial charge in [0.05, 0.1) is 6.10 Å². The molecule has 2 unspecified atom stereocenters. The van der Waals surface area contributed by atoms with Gasteiger partial charge >= 0.3 is 0 Å². The molecule has 0 N–H and O–H groups in total. The summed E-state index contributed by atoms with van der Waals surface area (Å²) in [7, 11) is 0. The molecule has 156 valence electrons. The molecule has 0 saturated heterocycles. The third kappa shape index (κ3) is 5.55. The zero-order valence-electron chi connectivity index (χ0n) is 17.7. The van der Waals surface area contributed by atoms with Crippen LogP contribution in [0.4, 0.5) is 8.78 Å². The predicted molar refractivity (Wildman–Crippen MR) is 108 cm³/mol. The Hall–Kier alpha value is -0.440. The van der Waals surface area contributed by atoms with E-state index in [1.165, 1.54) is 63.4 Å². The molecular weight excluding hydrogens is 342 g/mol. The van der Waals surface area contributed by atoms with E-state index in [-0.39, 0.29) is 12.0 Å². The minimum atomic E-state index is -1.14. The van der Waals surface area contributed by atoms with Crippen LogP contribution in [0.3, 0.4) is 0 Å². The fourth-order valence-electron chi connectivity index (χ4n) is 6.14. The SMILES string of the molecule is C=C1CC(C)(CCCC2CCC(C3CC(F)C(OC(C)C)C(F)C3)CC2)C1. The Morgan fingerprint density at radius 3 is 2.15 bits per heavy atom. The van der Waals surface area contributed by atoms with Gasteiger partial charge in [-0.25, -0.2) is 8.78 Å². The second-order valence-electron chi connectivity index (χ2n) is 10.5. The molecule has 1 nitrogen and oxygen atoms in total. The summed E-state index contributed by atoms with van der Waals surface area (Å²) in [5, 5.41) is 0. The maximum Gasteiger partial charge on any atom is 0.129 e. The number of ether oxygens (including phenoxy) is 1. The monoisotopic (exact) mass is 382 g/mol. The quantitative estimate of drug-likeness (QED) is 0.423. The van der Waals surface area contributed by atoms with Crippen LogP contribution in [-0.2, 0) is 4.74 Å². The standard InChI is InChI=1S/C24H40F2O/c1-16(2)27-23-21(25)12-20(13-22(23)26)19-9-7-18(8-10-19)6-5-11-24(4)14-17(3)15-24/h16,18-23H,3,5-15H2,1-2,4H3. The molecule has 0 aliphatic heterocycles. The molecule has 0 radical (unpaired) electrons. The van der Waals surface area contributed by atoms with E-state index in [9.17, 15) is 8.78 Å². The van der Waals surface area contributed by atoms with Gasteiger partial charge < -0.3 is 4.74 Å². The minimum absolute atomic E-state index is 0.112. The highest BCUT2D eigenvalue weighted by molar-refractivity contribution is 5.13. The van der Waals surface area contributed by atoms with Crippen LogP contribution in [0.2, 0.25) is 0 Å². The zero-order chi connectivity index (χ0) is 19.6. The summed E-state index contributed by atoms with van der Waals surface area (Å²) in [5.41, 5.74) is 1.95. The first-order valence-electron chi connectivity index (χ1n) is 11.4. The number of hydrogen-bond donors (Lipinski definition) is 0. The van der Waals surface area contributed by atoms with Crippen molar-refractivity contribution in [3.05, 3.63) is 12.2 Å². The van der Waals surface area contributed by atoms with Gasteiger partial charge in [-0.2, -0.15) is 0 Å². The summed E-state index contributed by atoms with van der Waals surface area (Å²) in [6.07, 6.45) is 9.02. The molecule has 3 fully saturated rings. The van der Waals surface area contributed by atoms with Gasteiger partial charge in [0.1, 0.15) is 18.4 Å². The van der Waals surface area contributed by atoms with E-state index in [2.05, 4.69) is 13.5 Å². The highest BCUT2D eigenvalue weighted by Gasteiger charge is 2.43. The van der Waals surface area contributed by atoms with Gasteiger partial charge in [-0.15, -0.1) is 0 Å². The molecule has 3 saturated carbocycles. The van der Waals surface area contributed by atoms with E-state index in [1.54, 1.807) is 0 Å². The number of halogens is 2. The molecule has 3 rings (SSSR count). The van der Waals surface area contributed by atoms with Crippen molar-refractivity contribution in [3.8, 4) is 0 Å². The van der Waals surface area contributed by atoms with Crippen molar-refractivity contribution in [2.24, 2.45) is 23.2 Å². The normalized spacial score (nSPS) is 39.4. The third-order valence-electron chi connectivity index (χ3n) is 7.50. The first kappa shape index (κ1) is 21.3. The summed E-state index contributed by atoms with van der Waals surface area (Å²) < 4.78 is 34.5. The van der Waals surface area contributed by atoms with Crippen LogP contribution in [-0.4, -0.2) is 24.6 Å². The second-order valence-corrected chi connectivity index (χ2v) is 10.5. The second kappa shape index (κ2) is 8.93. The van der Waals surface area contributed by atoms with Gasteiger partial charge in [-0.05, 0) is 82.0 Å². The van der Waals surface area contributed by atoms with E-state index < -0.39 is 18.4 Å². The van der Waals surface area contributed by atoms with Crippen molar-refractivity contribution >= 4 is 0 Å². The van der Waals surface area contributed by atoms with Crippen LogP contribution in [0.15, 0.2) is 12.2 Å². The molecule has 27 heavy (non-hydrogen) atoms. The Kier molecular flexibility index (Phi) is 7.03. The maximum absolute atomic E-state index is 14.5. The summed E-state index contributed by atoms with van der Waals surface area (Å²) in [6, 6.07) is 0. The van der Waals surface area contributed by atoms with E-state index in [0.717, 1.165) is 5.92 Å². The predicted octanol–water partition coefficient (Wildman–Crippen LogP) is 7.20. The molecule has 0 aromatic heterocycles. The van der Waals surface area contributed by atoms with Gasteiger partial charge in [0, 0.05) is 0 Å². The number of allylic oxidation sites excluding steroid dienone is 1. The lowest BCUT2D eigenvalue weighted by molar-refractivity contribution is -0.111. The largest absolute Gasteiger partial charge is 0.369 e. The summed E-state index contributed by atoms with van der Waals surface area (Å²) in [4.78, 5) is 0. The van der Waals surface area contributed by atoms with Crippen LogP contribution in [0, 0.1) is 23.2 Å². The maximum atomic E-state index is 14.5. The summed E-state index contributed by atoms with van der Waals surface area (Å²) in [6.45, 7) is 10.2. The van der Waals surface area contributed by atoms with Crippen molar-refractivity contribution in [1.82, 2.24) is 0 Å². The van der Waals surface area contributed by atoms with Crippen molar-refractivity contribution < 1.29 is 13.5 Å². The Balaban J connectivity index is 1.37. The van der Waals surface area contributed by atoms with E-state index in [1.807, 2.05) is 13.8 Å². The Morgan fingerprint density at radius 2 is 1.63 bits per heavy atom. The molecule has 0 aromatic rings. The third-order valence-corrected chi connectivity index (χ3v) is 7.50. The summed E-state index contributed by atoms with van der Waals surface area (Å²) in [5.74, 6) is 1.56. The lowest BCUT2D eigenvalue weighted by atomic mass is 9.64. The van der Waals surface area contributed by atoms with Crippen molar-refractivity contribution in [2.45, 2.75) is 116 Å². The van der Waals surface area contributed by atoms with Crippen LogP contribution in [0.25, 0.3) is 0 Å². The minimum Gasteiger partial charge on any atom is -0.369 e. The molecule has 3 aliphatic carbocycles. The smallest absolute Gasteiger partial charge is 0.129 e. The fraction of sp³-hybridized carbons (Fsp3) is 0.917. The Labute approximate surface area is 165 Å². The molecule has 0 heterocycles. The number of alkyl halides is 2. The molecule has 0 bridgehead atoms. The molecule has 2 atom stereocenters. The van der Waals surface area contributed by atoms with E-state index in [4.69, 9.17) is 4.74 Å². The lowest BCUT2D eigenvalue weighted by Crippen LogP contribution is -2.45. The van der Waals surface area contributed by atoms with Crippen molar-refractivity contribution in [2.75, 3.05) is 0 Å². The molecule has 3 aliphatic rings. The first-order chi connectivity index (χ1) is 12.8. The number of hydrogen-bond acceptors (Lipinski definition) is 1. The molecule has 0 spiro atoms. The van der Waals surface area contributed by atoms with Gasteiger partial charge in [0.15, 0.2) is 0 Å². The van der Waals surface area contributed by atoms with Gasteiger partial charge in [0.25, 0.3) is 0 Å². The van der Waals surface area contributed by atoms with Gasteiger partial charge in [-0.1, -0.05) is 44.8 Å². The Bertz CT molecular complexity index is 475. The van der Waals surface area contributed by atoms with E-state index >= 15 is 0 Å². The molecule has 0 aromatic carbocycles. The van der Waals surface area contributed by atoms with Crippen molar-refractivity contribution in [1.29, 1.82) is 0 Å². The molecule has 3 heteroatoms. The highest BCUT2D eigenvalue weighted by atomic mass is 19.1. The first-order valence-corrected chi connectivity index (χ1v) is 11.4. The van der Waals surface area contributed by atoms with Gasteiger partial charge in [0.2, 0.25) is 0 Å². The Morgan fingerprint density at radius 1 is 1.04 bits per heavy atom. The molecule has 0 amide bonds. The van der Waals surface area contributed by atoms with Crippen LogP contribution in [0.5, 0.6) is 0 Å². The summed E-state index contributed by atoms with van der Waals surface area (Å²) >= 11 is 0. The van der Waals surface area contributed by atoms with Crippen LogP contribution >= 0.6 is 0 Å². The lowest BCUT2D eigenvalue weighted by Gasteiger charge is -2.42. The van der Waals surface area contributed by atoms with Crippen LogP contribution < -0.4 is 0 Å². The fourth-order valence-corrected chi connectivity index (χ4v) is 6.14.